The Labute approximate surface area is 123 Å². The molecule has 2 N–H and O–H groups in total. The summed E-state index contributed by atoms with van der Waals surface area (Å²) < 4.78 is 0. The SMILES string of the molecule is CNC(=O)c1ccc(NC(=O)c2cnccc2C)c(C)c1. The van der Waals surface area contributed by atoms with Crippen LogP contribution in [0.1, 0.15) is 31.8 Å². The maximum atomic E-state index is 12.2. The predicted octanol–water partition coefficient (Wildman–Crippen LogP) is 2.31. The largest absolute Gasteiger partial charge is 0.355 e. The molecule has 0 unspecified atom stereocenters. The van der Waals surface area contributed by atoms with Crippen molar-refractivity contribution in [2.75, 3.05) is 12.4 Å². The van der Waals surface area contributed by atoms with Crippen LogP contribution >= 0.6 is 0 Å². The normalized spacial score (nSPS) is 10.0. The molecule has 0 saturated carbocycles. The average Bonchev–Trinajstić information content (AvgIpc) is 2.48. The van der Waals surface area contributed by atoms with Crippen LogP contribution in [0.2, 0.25) is 0 Å². The molecule has 21 heavy (non-hydrogen) atoms. The predicted molar refractivity (Wildman–Crippen MR) is 81.5 cm³/mol. The highest BCUT2D eigenvalue weighted by Crippen LogP contribution is 2.18. The van der Waals surface area contributed by atoms with E-state index in [1.165, 1.54) is 0 Å². The summed E-state index contributed by atoms with van der Waals surface area (Å²) in [6.45, 7) is 3.70. The number of nitrogens with zero attached hydrogens (tertiary/aromatic N) is 1. The average molecular weight is 283 g/mol. The lowest BCUT2D eigenvalue weighted by molar-refractivity contribution is 0.0962. The van der Waals surface area contributed by atoms with E-state index in [9.17, 15) is 9.59 Å². The highest BCUT2D eigenvalue weighted by atomic mass is 16.2. The Morgan fingerprint density at radius 3 is 2.43 bits per heavy atom. The summed E-state index contributed by atoms with van der Waals surface area (Å²) in [6, 6.07) is 6.93. The molecular formula is C16H17N3O2. The molecule has 0 aliphatic heterocycles. The van der Waals surface area contributed by atoms with E-state index in [-0.39, 0.29) is 11.8 Å². The molecular weight excluding hydrogens is 266 g/mol. The van der Waals surface area contributed by atoms with E-state index in [1.54, 1.807) is 43.7 Å². The molecule has 0 atom stereocenters. The highest BCUT2D eigenvalue weighted by Gasteiger charge is 2.11. The van der Waals surface area contributed by atoms with Crippen molar-refractivity contribution < 1.29 is 9.59 Å². The number of hydrogen-bond acceptors (Lipinski definition) is 3. The first-order chi connectivity index (χ1) is 10.0. The molecule has 0 radical (unpaired) electrons. The Kier molecular flexibility index (Phi) is 4.33. The van der Waals surface area contributed by atoms with Crippen LogP contribution in [0.5, 0.6) is 0 Å². The number of carbonyl (C=O) groups excluding carboxylic acids is 2. The maximum Gasteiger partial charge on any atom is 0.257 e. The van der Waals surface area contributed by atoms with E-state index in [2.05, 4.69) is 15.6 Å². The van der Waals surface area contributed by atoms with Gasteiger partial charge in [-0.25, -0.2) is 0 Å². The van der Waals surface area contributed by atoms with Crippen LogP contribution in [0.3, 0.4) is 0 Å². The summed E-state index contributed by atoms with van der Waals surface area (Å²) in [7, 11) is 1.58. The molecule has 5 nitrogen and oxygen atoms in total. The molecule has 0 spiro atoms. The molecule has 0 aliphatic rings. The fourth-order valence-electron chi connectivity index (χ4n) is 1.98. The second-order valence-corrected chi connectivity index (χ2v) is 4.75. The Morgan fingerprint density at radius 2 is 1.81 bits per heavy atom. The molecule has 1 aromatic carbocycles. The quantitative estimate of drug-likeness (QED) is 0.908. The van der Waals surface area contributed by atoms with Gasteiger partial charge in [-0.2, -0.15) is 0 Å². The summed E-state index contributed by atoms with van der Waals surface area (Å²) in [5.41, 5.74) is 3.46. The van der Waals surface area contributed by atoms with Crippen LogP contribution in [0.15, 0.2) is 36.7 Å². The molecule has 0 fully saturated rings. The molecule has 5 heteroatoms. The zero-order chi connectivity index (χ0) is 15.4. The lowest BCUT2D eigenvalue weighted by atomic mass is 10.1. The van der Waals surface area contributed by atoms with Crippen molar-refractivity contribution in [3.63, 3.8) is 0 Å². The maximum absolute atomic E-state index is 12.2. The van der Waals surface area contributed by atoms with Crippen LogP contribution in [-0.2, 0) is 0 Å². The zero-order valence-electron chi connectivity index (χ0n) is 12.2. The number of aromatic nitrogens is 1. The molecule has 1 aromatic heterocycles. The minimum absolute atomic E-state index is 0.154. The van der Waals surface area contributed by atoms with Gasteiger partial charge in [-0.15, -0.1) is 0 Å². The fourth-order valence-corrected chi connectivity index (χ4v) is 1.98. The van der Waals surface area contributed by atoms with Gasteiger partial charge in [0.05, 0.1) is 5.56 Å². The second-order valence-electron chi connectivity index (χ2n) is 4.75. The van der Waals surface area contributed by atoms with Gasteiger partial charge in [-0.1, -0.05) is 0 Å². The van der Waals surface area contributed by atoms with E-state index in [0.29, 0.717) is 16.8 Å². The standard InChI is InChI=1S/C16H17N3O2/c1-10-6-7-18-9-13(10)16(21)19-14-5-4-12(8-11(14)2)15(20)17-3/h4-9H,1-3H3,(H,17,20)(H,19,21). The van der Waals surface area contributed by atoms with Crippen LogP contribution in [0.4, 0.5) is 5.69 Å². The van der Waals surface area contributed by atoms with Crippen molar-refractivity contribution in [3.8, 4) is 0 Å². The lowest BCUT2D eigenvalue weighted by Crippen LogP contribution is -2.18. The van der Waals surface area contributed by atoms with Crippen molar-refractivity contribution in [3.05, 3.63) is 58.9 Å². The third-order valence-corrected chi connectivity index (χ3v) is 3.25. The molecule has 0 saturated heterocycles. The van der Waals surface area contributed by atoms with Gasteiger partial charge in [0.15, 0.2) is 0 Å². The Hall–Kier alpha value is -2.69. The number of amides is 2. The van der Waals surface area contributed by atoms with E-state index in [1.807, 2.05) is 13.8 Å². The number of nitrogens with one attached hydrogen (secondary N) is 2. The summed E-state index contributed by atoms with van der Waals surface area (Å²) in [6.07, 6.45) is 3.19. The Balaban J connectivity index is 2.22. The number of benzene rings is 1. The molecule has 2 aromatic rings. The molecule has 2 rings (SSSR count). The van der Waals surface area contributed by atoms with Crippen LogP contribution in [0, 0.1) is 13.8 Å². The number of pyridine rings is 1. The number of hydrogen-bond donors (Lipinski definition) is 2. The minimum Gasteiger partial charge on any atom is -0.355 e. The summed E-state index contributed by atoms with van der Waals surface area (Å²) in [5.74, 6) is -0.365. The van der Waals surface area contributed by atoms with E-state index in [4.69, 9.17) is 0 Å². The topological polar surface area (TPSA) is 71.1 Å². The van der Waals surface area contributed by atoms with Gasteiger partial charge in [0, 0.05) is 30.7 Å². The van der Waals surface area contributed by atoms with Gasteiger partial charge in [-0.3, -0.25) is 14.6 Å². The van der Waals surface area contributed by atoms with Crippen molar-refractivity contribution >= 4 is 17.5 Å². The van der Waals surface area contributed by atoms with Crippen molar-refractivity contribution in [2.45, 2.75) is 13.8 Å². The Bertz CT molecular complexity index is 696. The smallest absolute Gasteiger partial charge is 0.257 e. The fraction of sp³-hybridized carbons (Fsp3) is 0.188. The Morgan fingerprint density at radius 1 is 1.05 bits per heavy atom. The minimum atomic E-state index is -0.212. The van der Waals surface area contributed by atoms with Gasteiger partial charge in [-0.05, 0) is 49.2 Å². The van der Waals surface area contributed by atoms with Gasteiger partial charge in [0.2, 0.25) is 0 Å². The van der Waals surface area contributed by atoms with Crippen molar-refractivity contribution in [1.29, 1.82) is 0 Å². The lowest BCUT2D eigenvalue weighted by Gasteiger charge is -2.11. The van der Waals surface area contributed by atoms with Crippen LogP contribution < -0.4 is 10.6 Å². The third kappa shape index (κ3) is 3.25. The number of anilines is 1. The second kappa shape index (κ2) is 6.17. The van der Waals surface area contributed by atoms with Crippen molar-refractivity contribution in [2.24, 2.45) is 0 Å². The number of rotatable bonds is 3. The van der Waals surface area contributed by atoms with Gasteiger partial charge in [0.1, 0.15) is 0 Å². The number of carbonyl (C=O) groups is 2. The molecule has 0 aliphatic carbocycles. The summed E-state index contributed by atoms with van der Waals surface area (Å²) in [5, 5.41) is 5.41. The molecule has 0 bridgehead atoms. The van der Waals surface area contributed by atoms with Crippen LogP contribution in [-0.4, -0.2) is 23.8 Å². The van der Waals surface area contributed by atoms with Gasteiger partial charge < -0.3 is 10.6 Å². The molecule has 108 valence electrons. The third-order valence-electron chi connectivity index (χ3n) is 3.25. The summed E-state index contributed by atoms with van der Waals surface area (Å²) in [4.78, 5) is 27.8. The number of aryl methyl sites for hydroxylation is 2. The summed E-state index contributed by atoms with van der Waals surface area (Å²) >= 11 is 0. The van der Waals surface area contributed by atoms with Crippen molar-refractivity contribution in [1.82, 2.24) is 10.3 Å². The van der Waals surface area contributed by atoms with Gasteiger partial charge in [0.25, 0.3) is 11.8 Å². The van der Waals surface area contributed by atoms with E-state index < -0.39 is 0 Å². The molecule has 1 heterocycles. The zero-order valence-corrected chi connectivity index (χ0v) is 12.2. The molecule has 2 amide bonds. The van der Waals surface area contributed by atoms with E-state index in [0.717, 1.165) is 11.1 Å². The first-order valence-electron chi connectivity index (χ1n) is 6.57. The monoisotopic (exact) mass is 283 g/mol. The van der Waals surface area contributed by atoms with Crippen LogP contribution in [0.25, 0.3) is 0 Å². The van der Waals surface area contributed by atoms with Gasteiger partial charge >= 0.3 is 0 Å². The highest BCUT2D eigenvalue weighted by molar-refractivity contribution is 6.05. The van der Waals surface area contributed by atoms with E-state index >= 15 is 0 Å². The first kappa shape index (κ1) is 14.7. The first-order valence-corrected chi connectivity index (χ1v) is 6.57.